The smallest absolute Gasteiger partial charge is 0.231 e. The SMILES string of the molecule is CN1N=C2C3CCN(CC3)C2C1c1ccc2c(c1)OCO2. The molecule has 5 aliphatic heterocycles. The number of rotatable bonds is 1. The maximum absolute atomic E-state index is 5.54. The number of ether oxygens (including phenoxy) is 2. The van der Waals surface area contributed by atoms with Gasteiger partial charge in [-0.3, -0.25) is 9.91 Å². The van der Waals surface area contributed by atoms with Crippen LogP contribution in [0, 0.1) is 5.92 Å². The van der Waals surface area contributed by atoms with Crippen molar-refractivity contribution in [1.82, 2.24) is 9.91 Å². The van der Waals surface area contributed by atoms with E-state index in [2.05, 4.69) is 29.1 Å². The van der Waals surface area contributed by atoms with E-state index in [-0.39, 0.29) is 0 Å². The minimum absolute atomic E-state index is 0.303. The zero-order valence-electron chi connectivity index (χ0n) is 12.2. The van der Waals surface area contributed by atoms with E-state index in [4.69, 9.17) is 14.6 Å². The molecular formula is C16H19N3O2. The van der Waals surface area contributed by atoms with Crippen LogP contribution in [0.1, 0.15) is 24.4 Å². The lowest BCUT2D eigenvalue weighted by Gasteiger charge is -2.46. The molecule has 0 spiro atoms. The third-order valence-corrected chi connectivity index (χ3v) is 5.36. The molecule has 2 bridgehead atoms. The Morgan fingerprint density at radius 2 is 1.90 bits per heavy atom. The van der Waals surface area contributed by atoms with Crippen LogP contribution in [0.25, 0.3) is 0 Å². The first-order chi connectivity index (χ1) is 10.3. The van der Waals surface area contributed by atoms with E-state index in [1.807, 2.05) is 6.07 Å². The molecule has 2 unspecified atom stereocenters. The van der Waals surface area contributed by atoms with Crippen LogP contribution < -0.4 is 9.47 Å². The monoisotopic (exact) mass is 285 g/mol. The van der Waals surface area contributed by atoms with Crippen LogP contribution >= 0.6 is 0 Å². The number of piperidine rings is 3. The van der Waals surface area contributed by atoms with Gasteiger partial charge in [-0.05, 0) is 43.6 Å². The minimum atomic E-state index is 0.303. The second-order valence-corrected chi connectivity index (χ2v) is 6.41. The molecule has 0 amide bonds. The van der Waals surface area contributed by atoms with Crippen LogP contribution in [0.4, 0.5) is 0 Å². The summed E-state index contributed by atoms with van der Waals surface area (Å²) in [5.74, 6) is 2.41. The summed E-state index contributed by atoms with van der Waals surface area (Å²) >= 11 is 0. The first-order valence-corrected chi connectivity index (χ1v) is 7.76. The molecule has 0 radical (unpaired) electrons. The van der Waals surface area contributed by atoms with Crippen LogP contribution in [0.5, 0.6) is 11.5 Å². The normalized spacial score (nSPS) is 35.9. The number of benzene rings is 1. The molecule has 0 N–H and O–H groups in total. The van der Waals surface area contributed by atoms with E-state index in [1.165, 1.54) is 37.2 Å². The Hall–Kier alpha value is -1.75. The van der Waals surface area contributed by atoms with Gasteiger partial charge in [0.05, 0.1) is 17.8 Å². The summed E-state index contributed by atoms with van der Waals surface area (Å²) in [4.78, 5) is 2.61. The number of hydrogen-bond donors (Lipinski definition) is 0. The van der Waals surface area contributed by atoms with E-state index in [9.17, 15) is 0 Å². The van der Waals surface area contributed by atoms with Crippen molar-refractivity contribution in [3.63, 3.8) is 0 Å². The number of likely N-dealkylation sites (N-methyl/N-ethyl adjacent to an activating group) is 1. The second-order valence-electron chi connectivity index (χ2n) is 6.41. The zero-order chi connectivity index (χ0) is 14.0. The van der Waals surface area contributed by atoms with Crippen molar-refractivity contribution < 1.29 is 9.47 Å². The Morgan fingerprint density at radius 3 is 2.76 bits per heavy atom. The molecule has 5 nitrogen and oxygen atoms in total. The van der Waals surface area contributed by atoms with Crippen molar-refractivity contribution in [3.05, 3.63) is 23.8 Å². The van der Waals surface area contributed by atoms with E-state index >= 15 is 0 Å². The van der Waals surface area contributed by atoms with Crippen molar-refractivity contribution in [2.75, 3.05) is 26.9 Å². The molecular weight excluding hydrogens is 266 g/mol. The van der Waals surface area contributed by atoms with Gasteiger partial charge >= 0.3 is 0 Å². The molecule has 21 heavy (non-hydrogen) atoms. The molecule has 1 aromatic rings. The number of hydrogen-bond acceptors (Lipinski definition) is 5. The molecule has 3 fully saturated rings. The fourth-order valence-electron chi connectivity index (χ4n) is 4.35. The second kappa shape index (κ2) is 4.13. The first kappa shape index (κ1) is 11.9. The number of hydrazone groups is 1. The average molecular weight is 285 g/mol. The third kappa shape index (κ3) is 1.58. The van der Waals surface area contributed by atoms with E-state index in [1.54, 1.807) is 0 Å². The quantitative estimate of drug-likeness (QED) is 0.789. The van der Waals surface area contributed by atoms with Crippen LogP contribution in [-0.2, 0) is 0 Å². The summed E-state index contributed by atoms with van der Waals surface area (Å²) in [5, 5.41) is 7.03. The summed E-state index contributed by atoms with van der Waals surface area (Å²) < 4.78 is 11.0. The maximum atomic E-state index is 5.54. The molecule has 0 aromatic heterocycles. The highest BCUT2D eigenvalue weighted by molar-refractivity contribution is 5.95. The van der Waals surface area contributed by atoms with Gasteiger partial charge in [-0.15, -0.1) is 0 Å². The third-order valence-electron chi connectivity index (χ3n) is 5.36. The van der Waals surface area contributed by atoms with Crippen molar-refractivity contribution in [2.24, 2.45) is 11.0 Å². The highest BCUT2D eigenvalue weighted by Crippen LogP contribution is 2.44. The largest absolute Gasteiger partial charge is 0.454 e. The predicted molar refractivity (Wildman–Crippen MR) is 78.6 cm³/mol. The molecule has 2 atom stereocenters. The van der Waals surface area contributed by atoms with Crippen molar-refractivity contribution >= 4 is 5.71 Å². The van der Waals surface area contributed by atoms with Gasteiger partial charge in [0.15, 0.2) is 11.5 Å². The van der Waals surface area contributed by atoms with Gasteiger partial charge in [-0.2, -0.15) is 5.10 Å². The molecule has 5 heterocycles. The zero-order valence-corrected chi connectivity index (χ0v) is 12.2. The van der Waals surface area contributed by atoms with Gasteiger partial charge in [0, 0.05) is 13.0 Å². The van der Waals surface area contributed by atoms with Crippen LogP contribution in [0.15, 0.2) is 23.3 Å². The Kier molecular flexibility index (Phi) is 2.33. The summed E-state index contributed by atoms with van der Waals surface area (Å²) in [6.07, 6.45) is 2.55. The highest BCUT2D eigenvalue weighted by atomic mass is 16.7. The predicted octanol–water partition coefficient (Wildman–Crippen LogP) is 1.85. The topological polar surface area (TPSA) is 37.3 Å². The molecule has 1 aromatic carbocycles. The van der Waals surface area contributed by atoms with Gasteiger partial charge in [0.25, 0.3) is 0 Å². The molecule has 3 saturated heterocycles. The van der Waals surface area contributed by atoms with E-state index < -0.39 is 0 Å². The first-order valence-electron chi connectivity index (χ1n) is 7.76. The minimum Gasteiger partial charge on any atom is -0.454 e. The molecule has 0 aliphatic carbocycles. The molecule has 0 saturated carbocycles. The maximum Gasteiger partial charge on any atom is 0.231 e. The summed E-state index contributed by atoms with van der Waals surface area (Å²) in [6, 6.07) is 7.07. The lowest BCUT2D eigenvalue weighted by molar-refractivity contribution is 0.106. The number of fused-ring (bicyclic) bond motifs is 3. The lowest BCUT2D eigenvalue weighted by atomic mass is 9.78. The number of nitrogens with zero attached hydrogens (tertiary/aromatic N) is 3. The standard InChI is InChI=1S/C16H19N3O2/c1-18-15(11-2-3-12-13(8-11)21-9-20-12)16-14(17-18)10-4-6-19(16)7-5-10/h2-3,8,10,15-16H,4-7,9H2,1H3. The van der Waals surface area contributed by atoms with Gasteiger partial charge in [-0.25, -0.2) is 0 Å². The Balaban J connectivity index is 1.55. The Bertz CT molecular complexity index is 622. The van der Waals surface area contributed by atoms with Crippen LogP contribution in [-0.4, -0.2) is 48.6 Å². The summed E-state index contributed by atoms with van der Waals surface area (Å²) in [5.41, 5.74) is 2.68. The highest BCUT2D eigenvalue weighted by Gasteiger charge is 2.48. The molecule has 5 heteroatoms. The van der Waals surface area contributed by atoms with Crippen molar-refractivity contribution in [2.45, 2.75) is 24.9 Å². The molecule has 5 aliphatic rings. The van der Waals surface area contributed by atoms with Gasteiger partial charge < -0.3 is 9.47 Å². The summed E-state index contributed by atoms with van der Waals surface area (Å²) in [7, 11) is 2.10. The van der Waals surface area contributed by atoms with Crippen LogP contribution in [0.3, 0.4) is 0 Å². The fourth-order valence-corrected chi connectivity index (χ4v) is 4.35. The average Bonchev–Trinajstić information content (AvgIpc) is 3.11. The Morgan fingerprint density at radius 1 is 1.10 bits per heavy atom. The van der Waals surface area contributed by atoms with E-state index in [0.717, 1.165) is 11.5 Å². The summed E-state index contributed by atoms with van der Waals surface area (Å²) in [6.45, 7) is 2.76. The van der Waals surface area contributed by atoms with Gasteiger partial charge in [0.1, 0.15) is 0 Å². The molecule has 110 valence electrons. The van der Waals surface area contributed by atoms with Crippen LogP contribution in [0.2, 0.25) is 0 Å². The van der Waals surface area contributed by atoms with Crippen molar-refractivity contribution in [3.8, 4) is 11.5 Å². The molecule has 6 rings (SSSR count). The van der Waals surface area contributed by atoms with Gasteiger partial charge in [-0.1, -0.05) is 6.07 Å². The van der Waals surface area contributed by atoms with Gasteiger partial charge in [0.2, 0.25) is 6.79 Å². The van der Waals surface area contributed by atoms with Crippen molar-refractivity contribution in [1.29, 1.82) is 0 Å². The fraction of sp³-hybridized carbons (Fsp3) is 0.562. The lowest BCUT2D eigenvalue weighted by Crippen LogP contribution is -2.56. The Labute approximate surface area is 124 Å². The van der Waals surface area contributed by atoms with E-state index in [0.29, 0.717) is 24.8 Å².